The zero-order valence-corrected chi connectivity index (χ0v) is 18.8. The van der Waals surface area contributed by atoms with Crippen LogP contribution in [0.3, 0.4) is 0 Å². The Hall–Kier alpha value is -2.94. The van der Waals surface area contributed by atoms with Gasteiger partial charge in [0, 0.05) is 39.9 Å². The van der Waals surface area contributed by atoms with Crippen molar-refractivity contribution < 1.29 is 23.8 Å². The van der Waals surface area contributed by atoms with Crippen LogP contribution in [0.2, 0.25) is 0 Å². The van der Waals surface area contributed by atoms with Crippen LogP contribution >= 0.6 is 0 Å². The number of aliphatic imine (C=N–C) groups is 1. The fraction of sp³-hybridized carbons (Fsp3) is 0.500. The highest BCUT2D eigenvalue weighted by atomic mass is 19.1. The summed E-state index contributed by atoms with van der Waals surface area (Å²) in [6, 6.07) is 5.72. The van der Waals surface area contributed by atoms with Crippen LogP contribution in [0.25, 0.3) is 0 Å². The number of halogens is 1. The lowest BCUT2D eigenvalue weighted by atomic mass is 10.1. The molecule has 0 aromatic heterocycles. The van der Waals surface area contributed by atoms with E-state index < -0.39 is 11.7 Å². The fourth-order valence-electron chi connectivity index (χ4n) is 2.73. The van der Waals surface area contributed by atoms with Crippen molar-refractivity contribution in [3.63, 3.8) is 0 Å². The summed E-state index contributed by atoms with van der Waals surface area (Å²) in [5, 5.41) is 9.11. The molecule has 0 saturated heterocycles. The Bertz CT molecular complexity index is 770. The zero-order chi connectivity index (χ0) is 23.4. The number of aliphatic hydroxyl groups is 1. The van der Waals surface area contributed by atoms with Gasteiger partial charge < -0.3 is 24.5 Å². The third kappa shape index (κ3) is 8.37. The Balaban J connectivity index is 3.36. The van der Waals surface area contributed by atoms with Crippen LogP contribution in [0.15, 0.2) is 40.8 Å². The maximum Gasteiger partial charge on any atom is 0.273 e. The van der Waals surface area contributed by atoms with Gasteiger partial charge in [0.25, 0.3) is 5.91 Å². The number of nitrogens with zero attached hydrogens (tertiary/aromatic N) is 4. The molecule has 8 nitrogen and oxygen atoms in total. The molecule has 0 saturated carbocycles. The molecule has 0 fully saturated rings. The van der Waals surface area contributed by atoms with Gasteiger partial charge in [-0.05, 0) is 37.6 Å². The third-order valence-corrected chi connectivity index (χ3v) is 4.53. The minimum Gasteiger partial charge on any atom is -0.473 e. The van der Waals surface area contributed by atoms with E-state index in [0.717, 1.165) is 6.42 Å². The third-order valence-electron chi connectivity index (χ3n) is 4.53. The van der Waals surface area contributed by atoms with Gasteiger partial charge in [0.15, 0.2) is 12.6 Å². The largest absolute Gasteiger partial charge is 0.473 e. The van der Waals surface area contributed by atoms with Crippen LogP contribution in [0.1, 0.15) is 26.7 Å². The van der Waals surface area contributed by atoms with E-state index in [4.69, 9.17) is 9.84 Å². The van der Waals surface area contributed by atoms with Crippen molar-refractivity contribution in [3.05, 3.63) is 41.6 Å². The van der Waals surface area contributed by atoms with Gasteiger partial charge in [0.2, 0.25) is 6.41 Å². The molecule has 1 rings (SSSR count). The molecule has 0 spiro atoms. The molecule has 0 aliphatic carbocycles. The summed E-state index contributed by atoms with van der Waals surface area (Å²) in [5.41, 5.74) is 0.141. The van der Waals surface area contributed by atoms with Crippen molar-refractivity contribution in [2.75, 3.05) is 40.5 Å². The predicted molar refractivity (Wildman–Crippen MR) is 118 cm³/mol. The van der Waals surface area contributed by atoms with E-state index in [0.29, 0.717) is 37.6 Å². The van der Waals surface area contributed by atoms with Gasteiger partial charge in [-0.25, -0.2) is 9.38 Å². The number of hydrogen-bond donors (Lipinski definition) is 1. The Kier molecular flexibility index (Phi) is 11.3. The van der Waals surface area contributed by atoms with Gasteiger partial charge in [-0.15, -0.1) is 0 Å². The molecule has 0 radical (unpaired) electrons. The zero-order valence-electron chi connectivity index (χ0n) is 18.8. The maximum atomic E-state index is 13.5. The van der Waals surface area contributed by atoms with Gasteiger partial charge in [-0.3, -0.25) is 9.59 Å². The number of likely N-dealkylation sites (N-methyl/N-ethyl adjacent to an activating group) is 1. The first-order chi connectivity index (χ1) is 14.7. The van der Waals surface area contributed by atoms with Gasteiger partial charge >= 0.3 is 0 Å². The minimum atomic E-state index is -0.434. The molecule has 0 aliphatic heterocycles. The average Bonchev–Trinajstić information content (AvgIpc) is 2.75. The molecule has 1 N–H and O–H groups in total. The summed E-state index contributed by atoms with van der Waals surface area (Å²) in [6.07, 6.45) is 1.68. The van der Waals surface area contributed by atoms with E-state index in [2.05, 4.69) is 25.6 Å². The van der Waals surface area contributed by atoms with E-state index in [1.807, 2.05) is 0 Å². The lowest BCUT2D eigenvalue weighted by molar-refractivity contribution is -0.128. The summed E-state index contributed by atoms with van der Waals surface area (Å²) in [5.74, 6) is -0.0922. The number of amides is 2. The number of benzene rings is 1. The Morgan fingerprint density at radius 1 is 1.32 bits per heavy atom. The maximum absolute atomic E-state index is 13.5. The number of aliphatic hydroxyl groups excluding tert-OH is 1. The van der Waals surface area contributed by atoms with Crippen LogP contribution < -0.4 is 4.74 Å². The Morgan fingerprint density at radius 2 is 2.03 bits per heavy atom. The highest BCUT2D eigenvalue weighted by Crippen LogP contribution is 2.20. The molecule has 1 aromatic carbocycles. The van der Waals surface area contributed by atoms with Gasteiger partial charge in [0.05, 0.1) is 0 Å². The van der Waals surface area contributed by atoms with E-state index >= 15 is 0 Å². The SMILES string of the molecule is C=N/C(=C(/C(=O)N(C)CCCO)N(CCC(C)C)COc1cccc(F)c1)N(C)C=O. The number of carbonyl (C=O) groups is 2. The molecule has 1 aromatic rings. The second kappa shape index (κ2) is 13.4. The van der Waals surface area contributed by atoms with Crippen LogP contribution in [-0.4, -0.2) is 79.4 Å². The topological polar surface area (TPSA) is 85.7 Å². The normalized spacial score (nSPS) is 11.6. The predicted octanol–water partition coefficient (Wildman–Crippen LogP) is 2.31. The van der Waals surface area contributed by atoms with E-state index in [9.17, 15) is 14.0 Å². The van der Waals surface area contributed by atoms with Crippen LogP contribution in [0.5, 0.6) is 5.75 Å². The van der Waals surface area contributed by atoms with Gasteiger partial charge in [0.1, 0.15) is 17.3 Å². The second-order valence-electron chi connectivity index (χ2n) is 7.53. The van der Waals surface area contributed by atoms with Crippen molar-refractivity contribution >= 4 is 19.0 Å². The lowest BCUT2D eigenvalue weighted by Gasteiger charge is -2.32. The number of ether oxygens (including phenoxy) is 1. The Morgan fingerprint density at radius 3 is 2.58 bits per heavy atom. The van der Waals surface area contributed by atoms with Crippen molar-refractivity contribution in [2.45, 2.75) is 26.7 Å². The highest BCUT2D eigenvalue weighted by Gasteiger charge is 2.27. The Labute approximate surface area is 183 Å². The van der Waals surface area contributed by atoms with Crippen LogP contribution in [0.4, 0.5) is 4.39 Å². The van der Waals surface area contributed by atoms with Crippen molar-refractivity contribution in [1.82, 2.24) is 14.7 Å². The van der Waals surface area contributed by atoms with Gasteiger partial charge in [-0.1, -0.05) is 19.9 Å². The van der Waals surface area contributed by atoms with Gasteiger partial charge in [-0.2, -0.15) is 0 Å². The first-order valence-corrected chi connectivity index (χ1v) is 10.1. The van der Waals surface area contributed by atoms with Crippen LogP contribution in [-0.2, 0) is 9.59 Å². The van der Waals surface area contributed by atoms with Crippen molar-refractivity contribution in [2.24, 2.45) is 10.9 Å². The smallest absolute Gasteiger partial charge is 0.273 e. The second-order valence-corrected chi connectivity index (χ2v) is 7.53. The number of hydrogen-bond acceptors (Lipinski definition) is 6. The quantitative estimate of drug-likeness (QED) is 0.209. The van der Waals surface area contributed by atoms with Crippen molar-refractivity contribution in [3.8, 4) is 5.75 Å². The van der Waals surface area contributed by atoms with E-state index in [-0.39, 0.29) is 24.9 Å². The summed E-state index contributed by atoms with van der Waals surface area (Å²) >= 11 is 0. The van der Waals surface area contributed by atoms with E-state index in [1.165, 1.54) is 35.0 Å². The van der Waals surface area contributed by atoms with E-state index in [1.54, 1.807) is 18.0 Å². The lowest BCUT2D eigenvalue weighted by Crippen LogP contribution is -2.41. The molecule has 9 heteroatoms. The number of rotatable bonds is 14. The fourth-order valence-corrected chi connectivity index (χ4v) is 2.73. The summed E-state index contributed by atoms with van der Waals surface area (Å²) in [7, 11) is 3.08. The summed E-state index contributed by atoms with van der Waals surface area (Å²) < 4.78 is 19.3. The molecule has 0 unspecified atom stereocenters. The molecular weight excluding hydrogens is 403 g/mol. The first kappa shape index (κ1) is 26.1. The summed E-state index contributed by atoms with van der Waals surface area (Å²) in [6.45, 7) is 8.26. The van der Waals surface area contributed by atoms with Crippen molar-refractivity contribution in [1.29, 1.82) is 0 Å². The first-order valence-electron chi connectivity index (χ1n) is 10.1. The van der Waals surface area contributed by atoms with Crippen LogP contribution in [0, 0.1) is 11.7 Å². The molecule has 31 heavy (non-hydrogen) atoms. The highest BCUT2D eigenvalue weighted by molar-refractivity contribution is 5.93. The summed E-state index contributed by atoms with van der Waals surface area (Å²) in [4.78, 5) is 33.0. The molecule has 0 atom stereocenters. The average molecular weight is 437 g/mol. The minimum absolute atomic E-state index is 0.0583. The standard InChI is InChI=1S/C22H33FN4O4/c1-17(2)10-12-27(16-31-19-9-6-8-18(23)14-19)20(21(24-3)26(5)15-29)22(30)25(4)11-7-13-28/h6,8-9,14-15,17,28H,3,7,10-13,16H2,1-2,4-5H3/b21-20+. The molecule has 0 aliphatic rings. The monoisotopic (exact) mass is 436 g/mol. The molecular formula is C22H33FN4O4. The molecule has 172 valence electrons. The molecule has 0 bridgehead atoms. The number of carbonyl (C=O) groups excluding carboxylic acids is 2. The molecule has 2 amide bonds. The molecule has 0 heterocycles.